The molecule has 0 saturated heterocycles. The van der Waals surface area contributed by atoms with Gasteiger partial charge in [0.1, 0.15) is 23.9 Å². The van der Waals surface area contributed by atoms with Crippen LogP contribution in [0.15, 0.2) is 36.4 Å². The summed E-state index contributed by atoms with van der Waals surface area (Å²) in [6.45, 7) is 1.67. The van der Waals surface area contributed by atoms with Gasteiger partial charge >= 0.3 is 5.97 Å². The number of esters is 1. The van der Waals surface area contributed by atoms with Crippen LogP contribution in [0, 0.1) is 6.92 Å². The van der Waals surface area contributed by atoms with Gasteiger partial charge in [0.05, 0.1) is 19.8 Å². The Morgan fingerprint density at radius 1 is 1.04 bits per heavy atom. The quantitative estimate of drug-likeness (QED) is 0.726. The first-order valence-corrected chi connectivity index (χ1v) is 7.84. The molecule has 1 amide bonds. The van der Waals surface area contributed by atoms with Crippen molar-refractivity contribution in [1.82, 2.24) is 0 Å². The molecule has 0 saturated carbocycles. The largest absolute Gasteiger partial charge is 0.496 e. The molecule has 0 aliphatic carbocycles. The molecule has 26 heavy (non-hydrogen) atoms. The van der Waals surface area contributed by atoms with Crippen LogP contribution in [0.5, 0.6) is 17.2 Å². The lowest BCUT2D eigenvalue weighted by Gasteiger charge is -2.12. The van der Waals surface area contributed by atoms with E-state index in [0.717, 1.165) is 5.56 Å². The fourth-order valence-electron chi connectivity index (χ4n) is 2.32. The SMILES string of the molecule is COc1cc(C(=O)OCc2cccc(OCC(N)=O)c2)cc(OC)c1C. The highest BCUT2D eigenvalue weighted by Gasteiger charge is 2.15. The zero-order chi connectivity index (χ0) is 19.1. The van der Waals surface area contributed by atoms with Gasteiger partial charge in [-0.05, 0) is 36.8 Å². The second-order valence-corrected chi connectivity index (χ2v) is 5.48. The summed E-state index contributed by atoms with van der Waals surface area (Å²) in [6, 6.07) is 10.1. The number of amides is 1. The molecule has 0 bridgehead atoms. The van der Waals surface area contributed by atoms with E-state index in [9.17, 15) is 9.59 Å². The van der Waals surface area contributed by atoms with Crippen LogP contribution in [0.2, 0.25) is 0 Å². The highest BCUT2D eigenvalue weighted by molar-refractivity contribution is 5.90. The Morgan fingerprint density at radius 2 is 1.69 bits per heavy atom. The first kappa shape index (κ1) is 19.1. The molecular weight excluding hydrogens is 338 g/mol. The van der Waals surface area contributed by atoms with Crippen molar-refractivity contribution in [3.63, 3.8) is 0 Å². The third-order valence-corrected chi connectivity index (χ3v) is 3.64. The highest BCUT2D eigenvalue weighted by Crippen LogP contribution is 2.29. The minimum absolute atomic E-state index is 0.0467. The molecule has 0 aliphatic heterocycles. The Hall–Kier alpha value is -3.22. The first-order valence-electron chi connectivity index (χ1n) is 7.84. The lowest BCUT2D eigenvalue weighted by molar-refractivity contribution is -0.119. The van der Waals surface area contributed by atoms with Crippen molar-refractivity contribution >= 4 is 11.9 Å². The van der Waals surface area contributed by atoms with E-state index in [4.69, 9.17) is 24.7 Å². The predicted molar refractivity (Wildman–Crippen MR) is 94.5 cm³/mol. The standard InChI is InChI=1S/C19H21NO6/c1-12-16(23-2)8-14(9-17(12)24-3)19(22)26-10-13-5-4-6-15(7-13)25-11-18(20)21/h4-9H,10-11H2,1-3H3,(H2,20,21). The molecule has 0 radical (unpaired) electrons. The maximum Gasteiger partial charge on any atom is 0.338 e. The van der Waals surface area contributed by atoms with Gasteiger partial charge in [0.2, 0.25) is 0 Å². The summed E-state index contributed by atoms with van der Waals surface area (Å²) in [5.41, 5.74) is 6.88. The zero-order valence-electron chi connectivity index (χ0n) is 14.9. The van der Waals surface area contributed by atoms with Gasteiger partial charge in [-0.25, -0.2) is 4.79 Å². The van der Waals surface area contributed by atoms with E-state index in [1.165, 1.54) is 14.2 Å². The molecule has 0 atom stereocenters. The summed E-state index contributed by atoms with van der Waals surface area (Å²) in [5, 5.41) is 0. The van der Waals surface area contributed by atoms with Crippen molar-refractivity contribution in [3.8, 4) is 17.2 Å². The maximum atomic E-state index is 12.3. The van der Waals surface area contributed by atoms with Gasteiger partial charge in [0.15, 0.2) is 6.61 Å². The Bertz CT molecular complexity index is 777. The van der Waals surface area contributed by atoms with Gasteiger partial charge in [-0.1, -0.05) is 12.1 Å². The van der Waals surface area contributed by atoms with Crippen molar-refractivity contribution in [2.24, 2.45) is 5.73 Å². The summed E-state index contributed by atoms with van der Waals surface area (Å²) in [5.74, 6) is 0.474. The van der Waals surface area contributed by atoms with Gasteiger partial charge in [-0.15, -0.1) is 0 Å². The number of benzene rings is 2. The number of methoxy groups -OCH3 is 2. The number of ether oxygens (including phenoxy) is 4. The van der Waals surface area contributed by atoms with Gasteiger partial charge in [-0.2, -0.15) is 0 Å². The molecule has 0 unspecified atom stereocenters. The van der Waals surface area contributed by atoms with Gasteiger partial charge in [-0.3, -0.25) is 4.79 Å². The molecule has 0 aliphatic rings. The van der Waals surface area contributed by atoms with Crippen LogP contribution < -0.4 is 19.9 Å². The lowest BCUT2D eigenvalue weighted by Crippen LogP contribution is -2.20. The van der Waals surface area contributed by atoms with Crippen molar-refractivity contribution in [2.45, 2.75) is 13.5 Å². The van der Waals surface area contributed by atoms with E-state index in [-0.39, 0.29) is 13.2 Å². The van der Waals surface area contributed by atoms with Crippen LogP contribution in [0.4, 0.5) is 0 Å². The van der Waals surface area contributed by atoms with E-state index in [0.29, 0.717) is 28.4 Å². The minimum Gasteiger partial charge on any atom is -0.496 e. The maximum absolute atomic E-state index is 12.3. The minimum atomic E-state index is -0.566. The summed E-state index contributed by atoms with van der Waals surface area (Å²) in [4.78, 5) is 23.1. The second-order valence-electron chi connectivity index (χ2n) is 5.48. The van der Waals surface area contributed by atoms with E-state index in [2.05, 4.69) is 0 Å². The van der Waals surface area contributed by atoms with Crippen LogP contribution in [0.1, 0.15) is 21.5 Å². The van der Waals surface area contributed by atoms with Gasteiger partial charge < -0.3 is 24.7 Å². The number of rotatable bonds is 8. The zero-order valence-corrected chi connectivity index (χ0v) is 14.9. The Labute approximate surface area is 151 Å². The van der Waals surface area contributed by atoms with Crippen LogP contribution in [-0.2, 0) is 16.1 Å². The van der Waals surface area contributed by atoms with E-state index < -0.39 is 11.9 Å². The molecule has 0 spiro atoms. The summed E-state index contributed by atoms with van der Waals surface area (Å²) in [7, 11) is 3.04. The average Bonchev–Trinajstić information content (AvgIpc) is 2.65. The Kier molecular flexibility index (Phi) is 6.43. The molecule has 138 valence electrons. The molecule has 2 N–H and O–H groups in total. The predicted octanol–water partition coefficient (Wildman–Crippen LogP) is 2.23. The molecular formula is C19H21NO6. The van der Waals surface area contributed by atoms with Crippen LogP contribution >= 0.6 is 0 Å². The van der Waals surface area contributed by atoms with Crippen molar-refractivity contribution in [2.75, 3.05) is 20.8 Å². The van der Waals surface area contributed by atoms with Crippen LogP contribution in [-0.4, -0.2) is 32.7 Å². The summed E-state index contributed by atoms with van der Waals surface area (Å²) >= 11 is 0. The third kappa shape index (κ3) is 4.89. The van der Waals surface area contributed by atoms with E-state index in [1.54, 1.807) is 36.4 Å². The van der Waals surface area contributed by atoms with E-state index in [1.807, 2.05) is 6.92 Å². The Morgan fingerprint density at radius 3 is 2.27 bits per heavy atom. The fourth-order valence-corrected chi connectivity index (χ4v) is 2.32. The van der Waals surface area contributed by atoms with Crippen LogP contribution in [0.3, 0.4) is 0 Å². The smallest absolute Gasteiger partial charge is 0.338 e. The van der Waals surface area contributed by atoms with E-state index >= 15 is 0 Å². The monoisotopic (exact) mass is 359 g/mol. The average molecular weight is 359 g/mol. The summed E-state index contributed by atoms with van der Waals surface area (Å²) < 4.78 is 21.1. The molecule has 2 aromatic carbocycles. The molecule has 0 aromatic heterocycles. The third-order valence-electron chi connectivity index (χ3n) is 3.64. The lowest BCUT2D eigenvalue weighted by atomic mass is 10.1. The highest BCUT2D eigenvalue weighted by atomic mass is 16.5. The second kappa shape index (κ2) is 8.75. The van der Waals surface area contributed by atoms with Gasteiger partial charge in [0, 0.05) is 5.56 Å². The summed E-state index contributed by atoms with van der Waals surface area (Å²) in [6.07, 6.45) is 0. The van der Waals surface area contributed by atoms with Crippen molar-refractivity contribution in [1.29, 1.82) is 0 Å². The van der Waals surface area contributed by atoms with Crippen LogP contribution in [0.25, 0.3) is 0 Å². The van der Waals surface area contributed by atoms with Crippen molar-refractivity contribution in [3.05, 3.63) is 53.1 Å². The number of hydrogen-bond donors (Lipinski definition) is 1. The number of nitrogens with two attached hydrogens (primary N) is 1. The fraction of sp³-hybridized carbons (Fsp3) is 0.263. The molecule has 2 rings (SSSR count). The molecule has 0 heterocycles. The normalized spacial score (nSPS) is 10.1. The number of carbonyl (C=O) groups is 2. The molecule has 7 heteroatoms. The topological polar surface area (TPSA) is 97.1 Å². The number of hydrogen-bond acceptors (Lipinski definition) is 6. The number of carbonyl (C=O) groups excluding carboxylic acids is 2. The van der Waals surface area contributed by atoms with Crippen molar-refractivity contribution < 1.29 is 28.5 Å². The molecule has 2 aromatic rings. The Balaban J connectivity index is 2.07. The number of primary amides is 1. The molecule has 0 fully saturated rings. The first-order chi connectivity index (χ1) is 12.4. The van der Waals surface area contributed by atoms with Gasteiger partial charge in [0.25, 0.3) is 5.91 Å². The molecule has 7 nitrogen and oxygen atoms in total.